The molecule has 2 aliphatic carbocycles. The van der Waals surface area contributed by atoms with Gasteiger partial charge in [0.25, 0.3) is 0 Å². The second kappa shape index (κ2) is 8.26. The topological polar surface area (TPSA) is 39.2 Å². The van der Waals surface area contributed by atoms with E-state index in [1.165, 1.54) is 44.9 Å². The van der Waals surface area contributed by atoms with Crippen LogP contribution in [0.1, 0.15) is 37.8 Å². The Kier molecular flexibility index (Phi) is 5.56. The summed E-state index contributed by atoms with van der Waals surface area (Å²) < 4.78 is 18.5. The van der Waals surface area contributed by atoms with Gasteiger partial charge in [-0.2, -0.15) is 0 Å². The van der Waals surface area contributed by atoms with Crippen LogP contribution < -0.4 is 0 Å². The molecule has 1 aromatic carbocycles. The molecule has 4 heteroatoms. The van der Waals surface area contributed by atoms with Crippen LogP contribution in [-0.4, -0.2) is 18.1 Å². The monoisotopic (exact) mass is 379 g/mol. The smallest absolute Gasteiger partial charge is 0.309 e. The van der Waals surface area contributed by atoms with Crippen LogP contribution in [-0.2, 0) is 9.53 Å². The molecular weight excluding hydrogens is 353 g/mol. The van der Waals surface area contributed by atoms with E-state index >= 15 is 0 Å². The summed E-state index contributed by atoms with van der Waals surface area (Å²) in [5.74, 6) is 1.05. The van der Waals surface area contributed by atoms with Gasteiger partial charge in [0.05, 0.1) is 18.7 Å². The van der Waals surface area contributed by atoms with Gasteiger partial charge in [0.15, 0.2) is 0 Å². The van der Waals surface area contributed by atoms with Crippen molar-refractivity contribution in [3.05, 3.63) is 60.2 Å². The van der Waals surface area contributed by atoms with Gasteiger partial charge in [-0.3, -0.25) is 9.78 Å². The Morgan fingerprint density at radius 2 is 2.04 bits per heavy atom. The lowest BCUT2D eigenvalue weighted by molar-refractivity contribution is -0.146. The van der Waals surface area contributed by atoms with E-state index in [1.807, 2.05) is 24.3 Å². The highest BCUT2D eigenvalue weighted by Gasteiger charge is 2.46. The molecular formula is C24H26FNO2. The quantitative estimate of drug-likeness (QED) is 0.657. The van der Waals surface area contributed by atoms with E-state index in [1.54, 1.807) is 12.3 Å². The fourth-order valence-corrected chi connectivity index (χ4v) is 5.05. The van der Waals surface area contributed by atoms with E-state index in [9.17, 15) is 9.18 Å². The van der Waals surface area contributed by atoms with Crippen LogP contribution in [0.2, 0.25) is 0 Å². The summed E-state index contributed by atoms with van der Waals surface area (Å²) in [4.78, 5) is 16.8. The van der Waals surface area contributed by atoms with E-state index in [2.05, 4.69) is 11.1 Å². The van der Waals surface area contributed by atoms with Gasteiger partial charge < -0.3 is 4.74 Å². The highest BCUT2D eigenvalue weighted by atomic mass is 19.1. The van der Waals surface area contributed by atoms with Crippen molar-refractivity contribution in [1.29, 1.82) is 0 Å². The van der Waals surface area contributed by atoms with Crippen molar-refractivity contribution in [3.63, 3.8) is 0 Å². The minimum Gasteiger partial charge on any atom is -0.469 e. The van der Waals surface area contributed by atoms with Gasteiger partial charge >= 0.3 is 5.97 Å². The van der Waals surface area contributed by atoms with Crippen LogP contribution in [0.4, 0.5) is 4.39 Å². The maximum atomic E-state index is 13.4. The first-order valence-electron chi connectivity index (χ1n) is 10.1. The standard InChI is InChI=1S/C24H26FNO2/c1-28-24(27)23-14-17-5-2-3-8-21(17)22(23)12-11-20-10-9-18(15-26-20)16-6-4-7-19(25)13-16/h4,6-7,9-13,15,17,21-23H,2-3,5,8,14H2,1H3/b12-11+/t17-,21-,22+,23+/m1/s1. The zero-order valence-corrected chi connectivity index (χ0v) is 16.2. The Labute approximate surface area is 165 Å². The van der Waals surface area contributed by atoms with Crippen molar-refractivity contribution in [2.75, 3.05) is 7.11 Å². The lowest BCUT2D eigenvalue weighted by Gasteiger charge is -2.28. The highest BCUT2D eigenvalue weighted by molar-refractivity contribution is 5.74. The molecule has 1 aromatic heterocycles. The molecule has 4 rings (SSSR count). The molecule has 4 atom stereocenters. The van der Waals surface area contributed by atoms with Crippen molar-refractivity contribution in [3.8, 4) is 11.1 Å². The van der Waals surface area contributed by atoms with Crippen molar-refractivity contribution >= 4 is 12.0 Å². The molecule has 1 heterocycles. The van der Waals surface area contributed by atoms with Gasteiger partial charge in [0.2, 0.25) is 0 Å². The number of nitrogens with zero attached hydrogens (tertiary/aromatic N) is 1. The number of hydrogen-bond donors (Lipinski definition) is 0. The Balaban J connectivity index is 1.52. The zero-order valence-electron chi connectivity index (χ0n) is 16.2. The fourth-order valence-electron chi connectivity index (χ4n) is 5.05. The number of aromatic nitrogens is 1. The zero-order chi connectivity index (χ0) is 19.5. The predicted octanol–water partition coefficient (Wildman–Crippen LogP) is 5.52. The fraction of sp³-hybridized carbons (Fsp3) is 0.417. The van der Waals surface area contributed by atoms with E-state index in [0.717, 1.165) is 23.2 Å². The third-order valence-electron chi connectivity index (χ3n) is 6.42. The average molecular weight is 379 g/mol. The van der Waals surface area contributed by atoms with Gasteiger partial charge in [0.1, 0.15) is 5.82 Å². The van der Waals surface area contributed by atoms with Crippen molar-refractivity contribution in [2.24, 2.45) is 23.7 Å². The number of ether oxygens (including phenoxy) is 1. The van der Waals surface area contributed by atoms with E-state index in [-0.39, 0.29) is 23.6 Å². The van der Waals surface area contributed by atoms with Crippen LogP contribution in [0.3, 0.4) is 0 Å². The Morgan fingerprint density at radius 3 is 2.79 bits per heavy atom. The Hall–Kier alpha value is -2.49. The first kappa shape index (κ1) is 18.9. The number of halogens is 1. The van der Waals surface area contributed by atoms with E-state index < -0.39 is 0 Å². The number of allylic oxidation sites excluding steroid dienone is 1. The van der Waals surface area contributed by atoms with Crippen LogP contribution in [0.25, 0.3) is 17.2 Å². The number of carbonyl (C=O) groups is 1. The SMILES string of the molecule is COC(=O)[C@H]1C[C@H]2CCCC[C@H]2[C@@H]1/C=C/c1ccc(-c2cccc(F)c2)cn1. The van der Waals surface area contributed by atoms with E-state index in [0.29, 0.717) is 11.8 Å². The van der Waals surface area contributed by atoms with Crippen LogP contribution >= 0.6 is 0 Å². The molecule has 0 radical (unpaired) electrons. The van der Waals surface area contributed by atoms with Gasteiger partial charge in [0, 0.05) is 11.8 Å². The number of methoxy groups -OCH3 is 1. The number of pyridine rings is 1. The maximum absolute atomic E-state index is 13.4. The first-order valence-corrected chi connectivity index (χ1v) is 10.1. The largest absolute Gasteiger partial charge is 0.469 e. The van der Waals surface area contributed by atoms with Gasteiger partial charge in [-0.25, -0.2) is 4.39 Å². The van der Waals surface area contributed by atoms with Gasteiger partial charge in [-0.15, -0.1) is 0 Å². The summed E-state index contributed by atoms with van der Waals surface area (Å²) in [5.41, 5.74) is 2.55. The molecule has 0 unspecified atom stereocenters. The van der Waals surface area contributed by atoms with Crippen LogP contribution in [0.5, 0.6) is 0 Å². The van der Waals surface area contributed by atoms with Crippen molar-refractivity contribution in [1.82, 2.24) is 4.98 Å². The molecule has 0 spiro atoms. The second-order valence-corrected chi connectivity index (χ2v) is 7.99. The minimum atomic E-state index is -0.251. The molecule has 146 valence electrons. The van der Waals surface area contributed by atoms with Crippen LogP contribution in [0.15, 0.2) is 48.7 Å². The lowest BCUT2D eigenvalue weighted by Crippen LogP contribution is -2.23. The number of hydrogen-bond acceptors (Lipinski definition) is 3. The van der Waals surface area contributed by atoms with E-state index in [4.69, 9.17) is 4.74 Å². The summed E-state index contributed by atoms with van der Waals surface area (Å²) in [6, 6.07) is 10.4. The van der Waals surface area contributed by atoms with Crippen LogP contribution in [0, 0.1) is 29.5 Å². The molecule has 0 saturated heterocycles. The second-order valence-electron chi connectivity index (χ2n) is 7.99. The predicted molar refractivity (Wildman–Crippen MR) is 108 cm³/mol. The molecule has 0 bridgehead atoms. The minimum absolute atomic E-state index is 0.0408. The first-order chi connectivity index (χ1) is 13.7. The van der Waals surface area contributed by atoms with Crippen molar-refractivity contribution < 1.29 is 13.9 Å². The molecule has 0 amide bonds. The van der Waals surface area contributed by atoms with Crippen molar-refractivity contribution in [2.45, 2.75) is 32.1 Å². The maximum Gasteiger partial charge on any atom is 0.309 e. The third-order valence-corrected chi connectivity index (χ3v) is 6.42. The molecule has 0 N–H and O–H groups in total. The third kappa shape index (κ3) is 3.87. The average Bonchev–Trinajstić information content (AvgIpc) is 3.10. The summed E-state index contributed by atoms with van der Waals surface area (Å²) in [7, 11) is 1.48. The van der Waals surface area contributed by atoms with Gasteiger partial charge in [-0.05, 0) is 60.4 Å². The Morgan fingerprint density at radius 1 is 1.18 bits per heavy atom. The van der Waals surface area contributed by atoms with Gasteiger partial charge in [-0.1, -0.05) is 43.5 Å². The molecule has 2 saturated carbocycles. The molecule has 2 fully saturated rings. The number of carbonyl (C=O) groups excluding carboxylic acids is 1. The number of rotatable bonds is 4. The molecule has 3 nitrogen and oxygen atoms in total. The normalized spacial score (nSPS) is 26.9. The molecule has 0 aliphatic heterocycles. The Bertz CT molecular complexity index is 861. The summed E-state index contributed by atoms with van der Waals surface area (Å²) in [6.07, 6.45) is 11.8. The summed E-state index contributed by atoms with van der Waals surface area (Å²) in [6.45, 7) is 0. The molecule has 28 heavy (non-hydrogen) atoms. The molecule has 2 aromatic rings. The lowest BCUT2D eigenvalue weighted by atomic mass is 9.77. The highest BCUT2D eigenvalue weighted by Crippen LogP contribution is 2.50. The summed E-state index contributed by atoms with van der Waals surface area (Å²) in [5, 5.41) is 0. The number of fused-ring (bicyclic) bond motifs is 1. The number of benzene rings is 1. The summed E-state index contributed by atoms with van der Waals surface area (Å²) >= 11 is 0. The molecule has 2 aliphatic rings. The number of esters is 1.